The molecular formula is C46H76N4O18. The molecular weight excluding hydrogens is 897 g/mol. The van der Waals surface area contributed by atoms with Gasteiger partial charge in [0.1, 0.15) is 52.9 Å². The number of esters is 6. The van der Waals surface area contributed by atoms with Crippen molar-refractivity contribution in [2.75, 3.05) is 92.4 Å². The highest BCUT2D eigenvalue weighted by Crippen LogP contribution is 2.05. The topological polar surface area (TPSA) is 300 Å². The van der Waals surface area contributed by atoms with Gasteiger partial charge in [-0.15, -0.1) is 0 Å². The molecule has 4 unspecified atom stereocenters. The molecule has 0 saturated carbocycles. The van der Waals surface area contributed by atoms with Crippen LogP contribution in [0.15, 0.2) is 25.3 Å². The van der Waals surface area contributed by atoms with Crippen LogP contribution in [0.2, 0.25) is 0 Å². The lowest BCUT2D eigenvalue weighted by Gasteiger charge is -2.10. The Kier molecular flexibility index (Phi) is 50.4. The van der Waals surface area contributed by atoms with Gasteiger partial charge in [0.15, 0.2) is 0 Å². The fourth-order valence-electron chi connectivity index (χ4n) is 3.45. The maximum atomic E-state index is 11.3. The Hall–Kier alpha value is -6.26. The monoisotopic (exact) mass is 973 g/mol. The van der Waals surface area contributed by atoms with Crippen LogP contribution in [0, 0.1) is 46.3 Å². The van der Waals surface area contributed by atoms with E-state index >= 15 is 0 Å². The van der Waals surface area contributed by atoms with E-state index < -0.39 is 24.1 Å². The van der Waals surface area contributed by atoms with Crippen molar-refractivity contribution in [1.82, 2.24) is 10.6 Å². The summed E-state index contributed by atoms with van der Waals surface area (Å²) in [6, 6.07) is 3.81. The van der Waals surface area contributed by atoms with E-state index in [1.807, 2.05) is 53.7 Å². The standard InChI is InChI=1S/2C15H25NO7.2C8H13NO2/c2*1-4-12(3)14(18)22-10-8-20-9-11-23-15(19)16-6-7-21-13(17)5-2;2*1-3-7(2)8(10)11-6-4-5-9/h2*5,12H,2,4,6-11H2,1,3H3,(H,16,19);2*7H,3-4,6H2,1-2H3. The minimum Gasteiger partial charge on any atom is -0.464 e. The van der Waals surface area contributed by atoms with E-state index in [2.05, 4.69) is 33.3 Å². The van der Waals surface area contributed by atoms with Gasteiger partial charge >= 0.3 is 48.0 Å². The maximum Gasteiger partial charge on any atom is 0.407 e. The minimum absolute atomic E-state index is 0.0397. The Balaban J connectivity index is -0.000000425. The summed E-state index contributed by atoms with van der Waals surface area (Å²) in [6.07, 6.45) is 4.40. The number of carbonyl (C=O) groups is 8. The molecule has 0 aromatic carbocycles. The molecule has 2 amide bonds. The van der Waals surface area contributed by atoms with E-state index in [1.54, 1.807) is 13.8 Å². The number of rotatable bonds is 32. The van der Waals surface area contributed by atoms with E-state index in [-0.39, 0.29) is 153 Å². The molecule has 388 valence electrons. The van der Waals surface area contributed by atoms with Gasteiger partial charge in [0, 0.05) is 12.2 Å². The predicted octanol–water partition coefficient (Wildman–Crippen LogP) is 5.07. The lowest BCUT2D eigenvalue weighted by Crippen LogP contribution is -2.29. The number of nitriles is 2. The van der Waals surface area contributed by atoms with Crippen LogP contribution in [0.4, 0.5) is 9.59 Å². The van der Waals surface area contributed by atoms with E-state index in [0.717, 1.165) is 37.8 Å². The second kappa shape index (κ2) is 50.2. The summed E-state index contributed by atoms with van der Waals surface area (Å²) < 4.78 is 48.8. The van der Waals surface area contributed by atoms with Gasteiger partial charge in [-0.05, 0) is 25.7 Å². The molecule has 0 aliphatic carbocycles. The lowest BCUT2D eigenvalue weighted by molar-refractivity contribution is -0.150. The molecule has 0 aliphatic heterocycles. The van der Waals surface area contributed by atoms with Crippen LogP contribution in [0.5, 0.6) is 0 Å². The summed E-state index contributed by atoms with van der Waals surface area (Å²) in [5.74, 6) is -2.34. The highest BCUT2D eigenvalue weighted by molar-refractivity contribution is 5.81. The van der Waals surface area contributed by atoms with E-state index in [0.29, 0.717) is 0 Å². The average molecular weight is 973 g/mol. The SMILES string of the molecule is C=CC(=O)OCCNC(=O)OCCOCCOC(=O)C(C)CC.C=CC(=O)OCCNC(=O)OCCOCCOC(=O)C(C)CC.CCC(C)C(=O)OCCC#N.CCC(C)C(=O)OCCC#N. The smallest absolute Gasteiger partial charge is 0.407 e. The first kappa shape index (κ1) is 68.3. The summed E-state index contributed by atoms with van der Waals surface area (Å²) >= 11 is 0. The van der Waals surface area contributed by atoms with Crippen molar-refractivity contribution in [2.24, 2.45) is 23.7 Å². The number of nitrogens with one attached hydrogen (secondary N) is 2. The Morgan fingerprint density at radius 1 is 0.426 bits per heavy atom. The second-order valence-corrected chi connectivity index (χ2v) is 13.8. The van der Waals surface area contributed by atoms with Gasteiger partial charge in [-0.1, -0.05) is 68.5 Å². The first-order valence-electron chi connectivity index (χ1n) is 22.4. The quantitative estimate of drug-likeness (QED) is 0.0384. The lowest BCUT2D eigenvalue weighted by atomic mass is 10.1. The largest absolute Gasteiger partial charge is 0.464 e. The van der Waals surface area contributed by atoms with Gasteiger partial charge in [-0.3, -0.25) is 19.2 Å². The summed E-state index contributed by atoms with van der Waals surface area (Å²) in [5, 5.41) is 21.1. The Morgan fingerprint density at radius 3 is 0.941 bits per heavy atom. The second-order valence-electron chi connectivity index (χ2n) is 13.8. The number of carbonyl (C=O) groups excluding carboxylic acids is 8. The molecule has 0 spiro atoms. The summed E-state index contributed by atoms with van der Waals surface area (Å²) in [6.45, 7) is 23.5. The van der Waals surface area contributed by atoms with Crippen LogP contribution < -0.4 is 10.6 Å². The molecule has 4 atom stereocenters. The third kappa shape index (κ3) is 47.7. The molecule has 2 N–H and O–H groups in total. The Bertz CT molecular complexity index is 1400. The summed E-state index contributed by atoms with van der Waals surface area (Å²) in [7, 11) is 0. The van der Waals surface area contributed by atoms with Crippen molar-refractivity contribution in [1.29, 1.82) is 10.5 Å². The van der Waals surface area contributed by atoms with E-state index in [4.69, 9.17) is 48.4 Å². The van der Waals surface area contributed by atoms with Gasteiger partial charge in [-0.25, -0.2) is 19.2 Å². The van der Waals surface area contributed by atoms with E-state index in [1.165, 1.54) is 0 Å². The summed E-state index contributed by atoms with van der Waals surface area (Å²) in [4.78, 5) is 88.4. The number of ether oxygens (including phenoxy) is 10. The highest BCUT2D eigenvalue weighted by atomic mass is 16.6. The normalized spacial score (nSPS) is 11.4. The van der Waals surface area contributed by atoms with Gasteiger partial charge in [-0.2, -0.15) is 10.5 Å². The van der Waals surface area contributed by atoms with Crippen molar-refractivity contribution in [2.45, 2.75) is 93.9 Å². The maximum absolute atomic E-state index is 11.3. The van der Waals surface area contributed by atoms with Crippen LogP contribution in [-0.4, -0.2) is 140 Å². The van der Waals surface area contributed by atoms with Gasteiger partial charge in [0.25, 0.3) is 0 Å². The molecule has 0 radical (unpaired) electrons. The fourth-order valence-corrected chi connectivity index (χ4v) is 3.45. The zero-order valence-corrected chi connectivity index (χ0v) is 41.3. The number of amides is 2. The number of alkyl carbamates (subject to hydrolysis) is 2. The van der Waals surface area contributed by atoms with Crippen LogP contribution in [0.3, 0.4) is 0 Å². The number of hydrogen-bond donors (Lipinski definition) is 2. The van der Waals surface area contributed by atoms with Crippen molar-refractivity contribution in [3.63, 3.8) is 0 Å². The molecule has 0 bridgehead atoms. The van der Waals surface area contributed by atoms with Crippen molar-refractivity contribution >= 4 is 48.0 Å². The molecule has 68 heavy (non-hydrogen) atoms. The van der Waals surface area contributed by atoms with Crippen molar-refractivity contribution < 1.29 is 85.7 Å². The first-order chi connectivity index (χ1) is 32.5. The van der Waals surface area contributed by atoms with Crippen molar-refractivity contribution in [3.05, 3.63) is 25.3 Å². The molecule has 0 rings (SSSR count). The number of hydrogen-bond acceptors (Lipinski definition) is 20. The highest BCUT2D eigenvalue weighted by Gasteiger charge is 2.14. The average Bonchev–Trinajstić information content (AvgIpc) is 3.34. The minimum atomic E-state index is -0.633. The van der Waals surface area contributed by atoms with Gasteiger partial charge in [0.2, 0.25) is 0 Å². The summed E-state index contributed by atoms with van der Waals surface area (Å²) in [5.41, 5.74) is 0. The zero-order valence-electron chi connectivity index (χ0n) is 41.3. The molecule has 0 aromatic rings. The van der Waals surface area contributed by atoms with Crippen LogP contribution in [0.25, 0.3) is 0 Å². The molecule has 0 aromatic heterocycles. The predicted molar refractivity (Wildman–Crippen MR) is 245 cm³/mol. The zero-order chi connectivity index (χ0) is 52.4. The molecule has 0 aliphatic rings. The van der Waals surface area contributed by atoms with Crippen LogP contribution in [0.1, 0.15) is 93.9 Å². The van der Waals surface area contributed by atoms with Crippen molar-refractivity contribution in [3.8, 4) is 12.1 Å². The first-order valence-corrected chi connectivity index (χ1v) is 22.4. The fraction of sp³-hybridized carbons (Fsp3) is 0.696. The molecule has 0 heterocycles. The Morgan fingerprint density at radius 2 is 0.691 bits per heavy atom. The third-order valence-corrected chi connectivity index (χ3v) is 8.41. The molecule has 22 heteroatoms. The molecule has 22 nitrogen and oxygen atoms in total. The molecule has 0 saturated heterocycles. The van der Waals surface area contributed by atoms with Crippen LogP contribution in [-0.2, 0) is 76.1 Å². The van der Waals surface area contributed by atoms with Crippen LogP contribution >= 0.6 is 0 Å². The van der Waals surface area contributed by atoms with Gasteiger partial charge in [0.05, 0.1) is 88.2 Å². The number of nitrogens with zero attached hydrogens (tertiary/aromatic N) is 2. The molecule has 0 fully saturated rings. The Labute approximate surface area is 401 Å². The van der Waals surface area contributed by atoms with Gasteiger partial charge < -0.3 is 58.0 Å². The third-order valence-electron chi connectivity index (χ3n) is 8.41. The van der Waals surface area contributed by atoms with E-state index in [9.17, 15) is 38.4 Å².